The average molecular weight is 270 g/mol. The minimum atomic E-state index is -3.36. The lowest BCUT2D eigenvalue weighted by Gasteiger charge is -2.27. The zero-order chi connectivity index (χ0) is 13.2. The van der Waals surface area contributed by atoms with E-state index >= 15 is 0 Å². The largest absolute Gasteiger partial charge is 0.223 e. The van der Waals surface area contributed by atoms with E-state index in [9.17, 15) is 12.8 Å². The Bertz CT molecular complexity index is 502. The Hall–Kier alpha value is -0.900. The van der Waals surface area contributed by atoms with E-state index in [1.54, 1.807) is 0 Å². The topological polar surface area (TPSA) is 34.1 Å². The van der Waals surface area contributed by atoms with Crippen molar-refractivity contribution in [1.82, 2.24) is 0 Å². The van der Waals surface area contributed by atoms with Crippen LogP contribution >= 0.6 is 0 Å². The van der Waals surface area contributed by atoms with Crippen LogP contribution in [0.25, 0.3) is 0 Å². The molecule has 1 saturated carbocycles. The number of halogens is 1. The predicted molar refractivity (Wildman–Crippen MR) is 69.6 cm³/mol. The molecule has 18 heavy (non-hydrogen) atoms. The summed E-state index contributed by atoms with van der Waals surface area (Å²) >= 11 is 0. The molecule has 0 radical (unpaired) electrons. The second kappa shape index (κ2) is 5.39. The molecule has 2 nitrogen and oxygen atoms in total. The lowest BCUT2D eigenvalue weighted by molar-refractivity contribution is 0.348. The fourth-order valence-corrected chi connectivity index (χ4v) is 4.51. The first-order valence-electron chi connectivity index (χ1n) is 6.53. The van der Waals surface area contributed by atoms with Gasteiger partial charge < -0.3 is 0 Å². The van der Waals surface area contributed by atoms with Gasteiger partial charge in [0, 0.05) is 0 Å². The van der Waals surface area contributed by atoms with E-state index < -0.39 is 15.7 Å². The molecule has 0 aromatic heterocycles. The van der Waals surface area contributed by atoms with E-state index in [0.717, 1.165) is 25.3 Å². The molecule has 1 aliphatic carbocycles. The Morgan fingerprint density at radius 1 is 1.22 bits per heavy atom. The Labute approximate surface area is 108 Å². The fraction of sp³-hybridized carbons (Fsp3) is 0.571. The van der Waals surface area contributed by atoms with Crippen LogP contribution in [0.15, 0.2) is 29.2 Å². The average Bonchev–Trinajstić information content (AvgIpc) is 2.39. The highest BCUT2D eigenvalue weighted by atomic mass is 32.2. The summed E-state index contributed by atoms with van der Waals surface area (Å²) in [4.78, 5) is 0.127. The van der Waals surface area contributed by atoms with Crippen molar-refractivity contribution in [3.63, 3.8) is 0 Å². The zero-order valence-electron chi connectivity index (χ0n) is 10.6. The van der Waals surface area contributed by atoms with Gasteiger partial charge in [-0.05, 0) is 49.8 Å². The van der Waals surface area contributed by atoms with Gasteiger partial charge in [-0.3, -0.25) is 0 Å². The molecule has 4 heteroatoms. The molecule has 0 heterocycles. The Morgan fingerprint density at radius 3 is 2.44 bits per heavy atom. The smallest absolute Gasteiger partial charge is 0.181 e. The van der Waals surface area contributed by atoms with Crippen LogP contribution in [-0.2, 0) is 9.84 Å². The normalized spacial score (nSPS) is 25.0. The summed E-state index contributed by atoms with van der Waals surface area (Å²) in [5.74, 6) is 0.169. The number of sulfone groups is 1. The molecule has 1 fully saturated rings. The van der Waals surface area contributed by atoms with Crippen LogP contribution < -0.4 is 0 Å². The highest BCUT2D eigenvalue weighted by Crippen LogP contribution is 2.33. The predicted octanol–water partition coefficient (Wildman–Crippen LogP) is 3.57. The minimum Gasteiger partial charge on any atom is -0.223 e. The molecule has 0 amide bonds. The second-order valence-electron chi connectivity index (χ2n) is 5.05. The van der Waals surface area contributed by atoms with Crippen LogP contribution in [0.3, 0.4) is 0 Å². The van der Waals surface area contributed by atoms with Crippen molar-refractivity contribution < 1.29 is 12.8 Å². The summed E-state index contributed by atoms with van der Waals surface area (Å²) in [7, 11) is -3.36. The van der Waals surface area contributed by atoms with E-state index in [-0.39, 0.29) is 10.1 Å². The van der Waals surface area contributed by atoms with Gasteiger partial charge in [-0.25, -0.2) is 12.8 Å². The molecule has 1 aliphatic rings. The van der Waals surface area contributed by atoms with Gasteiger partial charge in [0.05, 0.1) is 10.1 Å². The SMILES string of the molecule is CCC1CCC(S(=O)(=O)c2cccc(F)c2)CC1. The quantitative estimate of drug-likeness (QED) is 0.841. The third-order valence-corrected chi connectivity index (χ3v) is 6.19. The van der Waals surface area contributed by atoms with Gasteiger partial charge in [-0.2, -0.15) is 0 Å². The van der Waals surface area contributed by atoms with E-state index in [0.29, 0.717) is 18.8 Å². The minimum absolute atomic E-state index is 0.127. The Kier molecular flexibility index (Phi) is 4.05. The van der Waals surface area contributed by atoms with Gasteiger partial charge in [0.15, 0.2) is 9.84 Å². The fourth-order valence-electron chi connectivity index (χ4n) is 2.69. The lowest BCUT2D eigenvalue weighted by Crippen LogP contribution is -2.27. The van der Waals surface area contributed by atoms with Crippen molar-refractivity contribution in [3.05, 3.63) is 30.1 Å². The van der Waals surface area contributed by atoms with Crippen LogP contribution in [0.5, 0.6) is 0 Å². The molecule has 0 spiro atoms. The van der Waals surface area contributed by atoms with Gasteiger partial charge in [-0.15, -0.1) is 0 Å². The van der Waals surface area contributed by atoms with Crippen molar-refractivity contribution in [2.24, 2.45) is 5.92 Å². The summed E-state index contributed by atoms with van der Waals surface area (Å²) in [5, 5.41) is -0.331. The summed E-state index contributed by atoms with van der Waals surface area (Å²) in [6.07, 6.45) is 4.47. The van der Waals surface area contributed by atoms with Gasteiger partial charge in [0.25, 0.3) is 0 Å². The maximum atomic E-state index is 13.1. The van der Waals surface area contributed by atoms with Gasteiger partial charge >= 0.3 is 0 Å². The molecule has 0 aliphatic heterocycles. The summed E-state index contributed by atoms with van der Waals surface area (Å²) in [5.41, 5.74) is 0. The first-order valence-corrected chi connectivity index (χ1v) is 8.08. The van der Waals surface area contributed by atoms with Gasteiger partial charge in [0.2, 0.25) is 0 Å². The van der Waals surface area contributed by atoms with Gasteiger partial charge in [0.1, 0.15) is 5.82 Å². The van der Waals surface area contributed by atoms with Crippen molar-refractivity contribution in [2.45, 2.75) is 49.2 Å². The standard InChI is InChI=1S/C14H19FO2S/c1-2-11-6-8-13(9-7-11)18(16,17)14-5-3-4-12(15)10-14/h3-5,10-11,13H,2,6-9H2,1H3. The van der Waals surface area contributed by atoms with Crippen molar-refractivity contribution in [1.29, 1.82) is 0 Å². The summed E-state index contributed by atoms with van der Waals surface area (Å²) < 4.78 is 37.9. The molecular weight excluding hydrogens is 251 g/mol. The molecule has 1 aromatic rings. The van der Waals surface area contributed by atoms with Crippen LogP contribution in [0.2, 0.25) is 0 Å². The highest BCUT2D eigenvalue weighted by molar-refractivity contribution is 7.92. The number of benzene rings is 1. The number of hydrogen-bond acceptors (Lipinski definition) is 2. The maximum Gasteiger partial charge on any atom is 0.181 e. The molecule has 0 bridgehead atoms. The van der Waals surface area contributed by atoms with Crippen LogP contribution in [-0.4, -0.2) is 13.7 Å². The molecular formula is C14H19FO2S. The molecule has 1 aromatic carbocycles. The van der Waals surface area contributed by atoms with Crippen molar-refractivity contribution in [3.8, 4) is 0 Å². The Morgan fingerprint density at radius 2 is 1.89 bits per heavy atom. The van der Waals surface area contributed by atoms with Crippen LogP contribution in [0.4, 0.5) is 4.39 Å². The molecule has 0 unspecified atom stereocenters. The highest BCUT2D eigenvalue weighted by Gasteiger charge is 2.31. The first-order chi connectivity index (χ1) is 8.54. The zero-order valence-corrected chi connectivity index (χ0v) is 11.4. The van der Waals surface area contributed by atoms with Crippen molar-refractivity contribution in [2.75, 3.05) is 0 Å². The van der Waals surface area contributed by atoms with E-state index in [1.807, 2.05) is 0 Å². The molecule has 100 valence electrons. The first kappa shape index (κ1) is 13.5. The molecule has 0 atom stereocenters. The molecule has 2 rings (SSSR count). The van der Waals surface area contributed by atoms with E-state index in [4.69, 9.17) is 0 Å². The monoisotopic (exact) mass is 270 g/mol. The lowest BCUT2D eigenvalue weighted by atomic mass is 9.87. The summed E-state index contributed by atoms with van der Waals surface area (Å²) in [6.45, 7) is 2.14. The number of hydrogen-bond donors (Lipinski definition) is 0. The maximum absolute atomic E-state index is 13.1. The summed E-state index contributed by atoms with van der Waals surface area (Å²) in [6, 6.07) is 5.35. The van der Waals surface area contributed by atoms with Crippen LogP contribution in [0, 0.1) is 11.7 Å². The molecule has 0 N–H and O–H groups in total. The van der Waals surface area contributed by atoms with Crippen molar-refractivity contribution >= 4 is 9.84 Å². The third-order valence-electron chi connectivity index (χ3n) is 3.93. The second-order valence-corrected chi connectivity index (χ2v) is 7.28. The Balaban J connectivity index is 2.17. The van der Waals surface area contributed by atoms with E-state index in [1.165, 1.54) is 18.2 Å². The third kappa shape index (κ3) is 2.74. The van der Waals surface area contributed by atoms with Gasteiger partial charge in [-0.1, -0.05) is 19.4 Å². The molecule has 0 saturated heterocycles. The number of rotatable bonds is 3. The van der Waals surface area contributed by atoms with E-state index in [2.05, 4.69) is 6.92 Å². The van der Waals surface area contributed by atoms with Crippen LogP contribution in [0.1, 0.15) is 39.0 Å².